The van der Waals surface area contributed by atoms with Gasteiger partial charge in [0.25, 0.3) is 0 Å². The van der Waals surface area contributed by atoms with E-state index in [1.807, 2.05) is 23.5 Å². The van der Waals surface area contributed by atoms with Crippen LogP contribution in [-0.4, -0.2) is 4.98 Å². The summed E-state index contributed by atoms with van der Waals surface area (Å²) in [5.74, 6) is 0. The van der Waals surface area contributed by atoms with Crippen LogP contribution < -0.4 is 0 Å². The van der Waals surface area contributed by atoms with E-state index in [-0.39, 0.29) is 0 Å². The molecule has 0 radical (unpaired) electrons. The van der Waals surface area contributed by atoms with Gasteiger partial charge >= 0.3 is 0 Å². The van der Waals surface area contributed by atoms with Crippen molar-refractivity contribution in [1.29, 1.82) is 0 Å². The lowest BCUT2D eigenvalue weighted by Crippen LogP contribution is -2.35. The summed E-state index contributed by atoms with van der Waals surface area (Å²) < 4.78 is 0. The number of hydrogen-bond acceptors (Lipinski definition) is 2. The molecule has 1 aromatic heterocycles. The van der Waals surface area contributed by atoms with Crippen LogP contribution in [0.4, 0.5) is 0 Å². The molecule has 0 spiro atoms. The lowest BCUT2D eigenvalue weighted by atomic mass is 9.66. The SMILES string of the molecule is c1ccc(C2(c3ccccc3)c3ccccc3Sc3c2[nH]c2c3Sc3ccccc3C2(c2ccccc2)c2ccccc2)cc1. The van der Waals surface area contributed by atoms with Gasteiger partial charge in [-0.2, -0.15) is 0 Å². The fourth-order valence-corrected chi connectivity index (χ4v) is 10.3. The molecule has 0 saturated carbocycles. The zero-order chi connectivity index (χ0) is 29.8. The third kappa shape index (κ3) is 3.72. The number of aromatic amines is 1. The fourth-order valence-electron chi connectivity index (χ4n) is 7.69. The molecule has 214 valence electrons. The highest BCUT2D eigenvalue weighted by Crippen LogP contribution is 2.63. The highest BCUT2D eigenvalue weighted by atomic mass is 32.2. The lowest BCUT2D eigenvalue weighted by Gasteiger charge is -2.40. The number of H-pyrrole nitrogens is 1. The summed E-state index contributed by atoms with van der Waals surface area (Å²) in [6, 6.07) is 62.3. The Morgan fingerprint density at radius 1 is 0.333 bits per heavy atom. The first kappa shape index (κ1) is 26.7. The van der Waals surface area contributed by atoms with Gasteiger partial charge in [0.05, 0.1) is 22.2 Å². The Bertz CT molecular complexity index is 1920. The van der Waals surface area contributed by atoms with Crippen molar-refractivity contribution in [2.75, 3.05) is 0 Å². The minimum Gasteiger partial charge on any atom is -0.358 e. The van der Waals surface area contributed by atoms with Crippen molar-refractivity contribution in [1.82, 2.24) is 4.98 Å². The van der Waals surface area contributed by atoms with Gasteiger partial charge in [-0.05, 0) is 45.5 Å². The van der Waals surface area contributed by atoms with Crippen molar-refractivity contribution in [2.45, 2.75) is 30.4 Å². The molecule has 0 saturated heterocycles. The van der Waals surface area contributed by atoms with E-state index in [2.05, 4.69) is 175 Å². The third-order valence-electron chi connectivity index (χ3n) is 9.49. The predicted molar refractivity (Wildman–Crippen MR) is 186 cm³/mol. The van der Waals surface area contributed by atoms with Crippen LogP contribution in [0.3, 0.4) is 0 Å². The van der Waals surface area contributed by atoms with Gasteiger partial charge < -0.3 is 4.98 Å². The number of benzene rings is 6. The Morgan fingerprint density at radius 2 is 0.622 bits per heavy atom. The van der Waals surface area contributed by atoms with Crippen molar-refractivity contribution in [3.8, 4) is 0 Å². The van der Waals surface area contributed by atoms with Gasteiger partial charge in [-0.3, -0.25) is 0 Å². The van der Waals surface area contributed by atoms with Crippen molar-refractivity contribution in [2.24, 2.45) is 0 Å². The largest absolute Gasteiger partial charge is 0.358 e. The van der Waals surface area contributed by atoms with E-state index in [1.165, 1.54) is 64.4 Å². The van der Waals surface area contributed by atoms with E-state index >= 15 is 0 Å². The highest BCUT2D eigenvalue weighted by Gasteiger charge is 2.52. The molecule has 0 unspecified atom stereocenters. The highest BCUT2D eigenvalue weighted by molar-refractivity contribution is 8.02. The summed E-state index contributed by atoms with van der Waals surface area (Å²) in [7, 11) is 0. The smallest absolute Gasteiger partial charge is 0.0874 e. The average molecular weight is 612 g/mol. The molecule has 2 aliphatic heterocycles. The van der Waals surface area contributed by atoms with Crippen molar-refractivity contribution >= 4 is 23.5 Å². The van der Waals surface area contributed by atoms with Crippen LogP contribution in [0.1, 0.15) is 44.8 Å². The maximum Gasteiger partial charge on any atom is 0.0874 e. The minimum absolute atomic E-state index is 0.525. The van der Waals surface area contributed by atoms with Crippen molar-refractivity contribution in [3.63, 3.8) is 0 Å². The quantitative estimate of drug-likeness (QED) is 0.213. The maximum atomic E-state index is 4.27. The van der Waals surface area contributed by atoms with Crippen molar-refractivity contribution in [3.05, 3.63) is 215 Å². The summed E-state index contributed by atoms with van der Waals surface area (Å²) in [6.45, 7) is 0. The molecule has 3 heteroatoms. The first-order valence-corrected chi connectivity index (χ1v) is 17.0. The molecular weight excluding hydrogens is 583 g/mol. The van der Waals surface area contributed by atoms with Gasteiger partial charge in [0, 0.05) is 19.6 Å². The molecule has 3 heterocycles. The molecule has 2 aliphatic rings. The first-order valence-electron chi connectivity index (χ1n) is 15.4. The fraction of sp³-hybridized carbons (Fsp3) is 0.0476. The van der Waals surface area contributed by atoms with Crippen LogP contribution >= 0.6 is 23.5 Å². The van der Waals surface area contributed by atoms with E-state index in [1.54, 1.807) is 0 Å². The van der Waals surface area contributed by atoms with Gasteiger partial charge in [-0.1, -0.05) is 181 Å². The molecule has 0 aliphatic carbocycles. The Hall–Kier alpha value is -4.70. The minimum atomic E-state index is -0.525. The second-order valence-electron chi connectivity index (χ2n) is 11.7. The summed E-state index contributed by atoms with van der Waals surface area (Å²) in [6.07, 6.45) is 0. The molecular formula is C42H29NS2. The molecule has 0 fully saturated rings. The lowest BCUT2D eigenvalue weighted by molar-refractivity contribution is 0.656. The number of rotatable bonds is 4. The Morgan fingerprint density at radius 3 is 0.956 bits per heavy atom. The van der Waals surface area contributed by atoms with Crippen LogP contribution in [0, 0.1) is 0 Å². The summed E-state index contributed by atoms with van der Waals surface area (Å²) in [4.78, 5) is 9.49. The number of nitrogens with one attached hydrogen (secondary N) is 1. The van der Waals surface area contributed by atoms with Gasteiger partial charge in [-0.15, -0.1) is 0 Å². The van der Waals surface area contributed by atoms with Crippen LogP contribution in [0.2, 0.25) is 0 Å². The first-order chi connectivity index (χ1) is 22.3. The molecule has 1 nitrogen and oxygen atoms in total. The Labute approximate surface area is 272 Å². The monoisotopic (exact) mass is 611 g/mol. The number of hydrogen-bond donors (Lipinski definition) is 1. The third-order valence-corrected chi connectivity index (χ3v) is 12.0. The Balaban J connectivity index is 1.47. The van der Waals surface area contributed by atoms with Crippen molar-refractivity contribution < 1.29 is 0 Å². The van der Waals surface area contributed by atoms with Gasteiger partial charge in [0.15, 0.2) is 0 Å². The van der Waals surface area contributed by atoms with Crippen LogP contribution in [0.15, 0.2) is 189 Å². The number of fused-ring (bicyclic) bond motifs is 5. The van der Waals surface area contributed by atoms with Gasteiger partial charge in [0.1, 0.15) is 0 Å². The van der Waals surface area contributed by atoms with E-state index in [4.69, 9.17) is 0 Å². The van der Waals surface area contributed by atoms with Gasteiger partial charge in [0.2, 0.25) is 0 Å². The average Bonchev–Trinajstić information content (AvgIpc) is 3.49. The standard InChI is InChI=1S/C42H29NS2/c1-5-17-29(18-6-1)41(30-19-7-2-8-20-30)33-25-13-15-27-35(33)44-37-38-40(43-39(37)41)42(31-21-9-3-10-22-31,32-23-11-4-12-24-32)34-26-14-16-28-36(34)45-38/h1-28,43H. The normalized spacial score (nSPS) is 15.3. The Kier molecular flexibility index (Phi) is 6.19. The second-order valence-corrected chi connectivity index (χ2v) is 13.8. The molecule has 6 aromatic carbocycles. The van der Waals surface area contributed by atoms with E-state index in [0.717, 1.165) is 0 Å². The molecule has 7 aromatic rings. The topological polar surface area (TPSA) is 15.8 Å². The predicted octanol–water partition coefficient (Wildman–Crippen LogP) is 10.7. The van der Waals surface area contributed by atoms with Crippen LogP contribution in [0.25, 0.3) is 0 Å². The number of aromatic nitrogens is 1. The van der Waals surface area contributed by atoms with E-state index in [9.17, 15) is 0 Å². The molecule has 0 amide bonds. The molecule has 0 bridgehead atoms. The van der Waals surface area contributed by atoms with E-state index < -0.39 is 10.8 Å². The molecule has 45 heavy (non-hydrogen) atoms. The zero-order valence-corrected chi connectivity index (χ0v) is 26.1. The second kappa shape index (κ2) is 10.4. The summed E-state index contributed by atoms with van der Waals surface area (Å²) >= 11 is 3.82. The summed E-state index contributed by atoms with van der Waals surface area (Å²) in [5.41, 5.74) is 9.10. The molecule has 0 atom stereocenters. The molecule has 9 rings (SSSR count). The zero-order valence-electron chi connectivity index (χ0n) is 24.5. The summed E-state index contributed by atoms with van der Waals surface area (Å²) in [5, 5.41) is 0. The molecule has 1 N–H and O–H groups in total. The maximum absolute atomic E-state index is 4.27. The van der Waals surface area contributed by atoms with Gasteiger partial charge in [-0.25, -0.2) is 0 Å². The van der Waals surface area contributed by atoms with E-state index in [0.29, 0.717) is 0 Å². The van der Waals surface area contributed by atoms with Crippen LogP contribution in [-0.2, 0) is 10.8 Å². The van der Waals surface area contributed by atoms with Crippen LogP contribution in [0.5, 0.6) is 0 Å².